The average Bonchev–Trinajstić information content (AvgIpc) is 2.79. The zero-order valence-corrected chi connectivity index (χ0v) is 11.8. The third-order valence-electron chi connectivity index (χ3n) is 3.52. The normalized spacial score (nSPS) is 20.7. The van der Waals surface area contributed by atoms with E-state index in [2.05, 4.69) is 41.2 Å². The molecule has 0 amide bonds. The highest BCUT2D eigenvalue weighted by atomic mass is 32.2. The third-order valence-corrected chi connectivity index (χ3v) is 4.73. The molecule has 0 saturated carbocycles. The minimum Gasteiger partial charge on any atom is -0.310 e. The molecule has 0 aliphatic carbocycles. The van der Waals surface area contributed by atoms with Crippen LogP contribution in [0.4, 0.5) is 0 Å². The molecule has 0 radical (unpaired) electrons. The van der Waals surface area contributed by atoms with Crippen LogP contribution in [0, 0.1) is 0 Å². The molecule has 3 heterocycles. The summed E-state index contributed by atoms with van der Waals surface area (Å²) in [6.07, 6.45) is 4.44. The van der Waals surface area contributed by atoms with Crippen molar-refractivity contribution >= 4 is 22.9 Å². The van der Waals surface area contributed by atoms with Gasteiger partial charge in [-0.25, -0.2) is 9.97 Å². The van der Waals surface area contributed by atoms with Crippen LogP contribution in [-0.4, -0.2) is 26.0 Å². The van der Waals surface area contributed by atoms with E-state index >= 15 is 0 Å². The lowest BCUT2D eigenvalue weighted by molar-refractivity contribution is 0.528. The van der Waals surface area contributed by atoms with Gasteiger partial charge in [-0.1, -0.05) is 0 Å². The molecule has 0 N–H and O–H groups in total. The van der Waals surface area contributed by atoms with Gasteiger partial charge in [0.1, 0.15) is 11.3 Å². The quantitative estimate of drug-likeness (QED) is 0.827. The lowest BCUT2D eigenvalue weighted by Gasteiger charge is -2.23. The molecular formula is C14H19N3S. The molecule has 4 heteroatoms. The maximum Gasteiger partial charge on any atom is 0.160 e. The van der Waals surface area contributed by atoms with Crippen molar-refractivity contribution < 1.29 is 0 Å². The van der Waals surface area contributed by atoms with Gasteiger partial charge in [-0.3, -0.25) is 0 Å². The Morgan fingerprint density at radius 2 is 2.33 bits per heavy atom. The summed E-state index contributed by atoms with van der Waals surface area (Å²) in [4.78, 5) is 9.36. The number of nitrogens with zero attached hydrogens (tertiary/aromatic N) is 3. The van der Waals surface area contributed by atoms with Gasteiger partial charge in [-0.05, 0) is 44.6 Å². The fraction of sp³-hybridized carbons (Fsp3) is 0.571. The van der Waals surface area contributed by atoms with E-state index in [4.69, 9.17) is 4.98 Å². The second-order valence-electron chi connectivity index (χ2n) is 5.19. The van der Waals surface area contributed by atoms with Gasteiger partial charge in [0.25, 0.3) is 0 Å². The van der Waals surface area contributed by atoms with Crippen molar-refractivity contribution in [3.63, 3.8) is 0 Å². The molecule has 0 spiro atoms. The van der Waals surface area contributed by atoms with Gasteiger partial charge in [0.05, 0.1) is 0 Å². The molecule has 3 nitrogen and oxygen atoms in total. The van der Waals surface area contributed by atoms with Crippen molar-refractivity contribution in [3.05, 3.63) is 24.2 Å². The predicted octanol–water partition coefficient (Wildman–Crippen LogP) is 3.62. The molecule has 1 aliphatic rings. The predicted molar refractivity (Wildman–Crippen MR) is 77.2 cm³/mol. The first-order valence-corrected chi connectivity index (χ1v) is 7.83. The summed E-state index contributed by atoms with van der Waals surface area (Å²) in [5.74, 6) is 4.35. The van der Waals surface area contributed by atoms with Crippen molar-refractivity contribution in [2.75, 3.05) is 11.5 Å². The van der Waals surface area contributed by atoms with E-state index in [0.717, 1.165) is 11.2 Å². The molecule has 96 valence electrons. The Hall–Kier alpha value is -1.03. The highest BCUT2D eigenvalue weighted by Gasteiger charge is 2.24. The van der Waals surface area contributed by atoms with Crippen LogP contribution in [0.15, 0.2) is 18.3 Å². The molecule has 1 saturated heterocycles. The van der Waals surface area contributed by atoms with Crippen molar-refractivity contribution in [1.29, 1.82) is 0 Å². The Labute approximate surface area is 112 Å². The van der Waals surface area contributed by atoms with Crippen LogP contribution in [0.5, 0.6) is 0 Å². The van der Waals surface area contributed by atoms with Gasteiger partial charge in [-0.2, -0.15) is 11.8 Å². The highest BCUT2D eigenvalue weighted by Crippen LogP contribution is 2.33. The van der Waals surface area contributed by atoms with Gasteiger partial charge >= 0.3 is 0 Å². The Balaban J connectivity index is 2.11. The SMILES string of the molecule is CC(C)n1c(C2CCCSC2)nc2cccnc21. The molecule has 0 aromatic carbocycles. The molecule has 0 bridgehead atoms. The largest absolute Gasteiger partial charge is 0.310 e. The van der Waals surface area contributed by atoms with E-state index < -0.39 is 0 Å². The standard InChI is InChI=1S/C14H19N3S/c1-10(2)17-13(11-5-4-8-18-9-11)16-12-6-3-7-15-14(12)17/h3,6-7,10-11H,4-5,8-9H2,1-2H3. The monoisotopic (exact) mass is 261 g/mol. The van der Waals surface area contributed by atoms with Gasteiger partial charge < -0.3 is 4.57 Å². The van der Waals surface area contributed by atoms with Gasteiger partial charge in [0.2, 0.25) is 0 Å². The fourth-order valence-electron chi connectivity index (χ4n) is 2.69. The number of pyridine rings is 1. The Bertz CT molecular complexity index is 541. The molecular weight excluding hydrogens is 242 g/mol. The van der Waals surface area contributed by atoms with Crippen LogP contribution in [0.3, 0.4) is 0 Å². The van der Waals surface area contributed by atoms with Crippen LogP contribution in [0.1, 0.15) is 44.5 Å². The van der Waals surface area contributed by atoms with Crippen LogP contribution >= 0.6 is 11.8 Å². The maximum atomic E-state index is 4.84. The molecule has 1 unspecified atom stereocenters. The first-order chi connectivity index (χ1) is 8.77. The summed E-state index contributed by atoms with van der Waals surface area (Å²) in [5.41, 5.74) is 2.08. The van der Waals surface area contributed by atoms with E-state index in [1.54, 1.807) is 0 Å². The first-order valence-electron chi connectivity index (χ1n) is 6.68. The Kier molecular flexibility index (Phi) is 3.29. The zero-order valence-electron chi connectivity index (χ0n) is 11.0. The van der Waals surface area contributed by atoms with E-state index in [-0.39, 0.29) is 0 Å². The van der Waals surface area contributed by atoms with E-state index in [1.807, 2.05) is 12.3 Å². The Morgan fingerprint density at radius 1 is 1.44 bits per heavy atom. The number of imidazole rings is 1. The summed E-state index contributed by atoms with van der Waals surface area (Å²) in [5, 5.41) is 0. The second-order valence-corrected chi connectivity index (χ2v) is 6.34. The van der Waals surface area contributed by atoms with E-state index in [9.17, 15) is 0 Å². The lowest BCUT2D eigenvalue weighted by Crippen LogP contribution is -2.16. The van der Waals surface area contributed by atoms with Crippen molar-refractivity contribution in [3.8, 4) is 0 Å². The molecule has 1 fully saturated rings. The minimum atomic E-state index is 0.423. The number of hydrogen-bond donors (Lipinski definition) is 0. The smallest absolute Gasteiger partial charge is 0.160 e. The number of rotatable bonds is 2. The number of thioether (sulfide) groups is 1. The molecule has 1 atom stereocenters. The van der Waals surface area contributed by atoms with Crippen LogP contribution in [0.2, 0.25) is 0 Å². The number of aromatic nitrogens is 3. The summed E-state index contributed by atoms with van der Waals surface area (Å²) in [6.45, 7) is 4.44. The third kappa shape index (κ3) is 2.03. The molecule has 1 aliphatic heterocycles. The molecule has 3 rings (SSSR count). The molecule has 18 heavy (non-hydrogen) atoms. The fourth-order valence-corrected chi connectivity index (χ4v) is 3.83. The highest BCUT2D eigenvalue weighted by molar-refractivity contribution is 7.99. The van der Waals surface area contributed by atoms with Crippen LogP contribution in [0.25, 0.3) is 11.2 Å². The van der Waals surface area contributed by atoms with Crippen molar-refractivity contribution in [1.82, 2.24) is 14.5 Å². The Morgan fingerprint density at radius 3 is 3.06 bits per heavy atom. The number of fused-ring (bicyclic) bond motifs is 1. The average molecular weight is 261 g/mol. The van der Waals surface area contributed by atoms with Gasteiger partial charge in [0.15, 0.2) is 5.65 Å². The minimum absolute atomic E-state index is 0.423. The van der Waals surface area contributed by atoms with Crippen LogP contribution < -0.4 is 0 Å². The first kappa shape index (κ1) is 12.0. The summed E-state index contributed by atoms with van der Waals surface area (Å²) >= 11 is 2.05. The zero-order chi connectivity index (χ0) is 12.5. The summed E-state index contributed by atoms with van der Waals surface area (Å²) in [6, 6.07) is 4.46. The maximum absolute atomic E-state index is 4.84. The van der Waals surface area contributed by atoms with Crippen LogP contribution in [-0.2, 0) is 0 Å². The van der Waals surface area contributed by atoms with E-state index in [0.29, 0.717) is 12.0 Å². The van der Waals surface area contributed by atoms with Gasteiger partial charge in [0, 0.05) is 23.9 Å². The second kappa shape index (κ2) is 4.92. The topological polar surface area (TPSA) is 30.7 Å². The summed E-state index contributed by atoms with van der Waals surface area (Å²) < 4.78 is 2.33. The lowest BCUT2D eigenvalue weighted by atomic mass is 10.0. The van der Waals surface area contributed by atoms with E-state index in [1.165, 1.54) is 30.2 Å². The molecule has 2 aromatic heterocycles. The number of hydrogen-bond acceptors (Lipinski definition) is 3. The van der Waals surface area contributed by atoms with Crippen molar-refractivity contribution in [2.24, 2.45) is 0 Å². The molecule has 2 aromatic rings. The van der Waals surface area contributed by atoms with Gasteiger partial charge in [-0.15, -0.1) is 0 Å². The summed E-state index contributed by atoms with van der Waals surface area (Å²) in [7, 11) is 0. The van der Waals surface area contributed by atoms with Crippen molar-refractivity contribution in [2.45, 2.75) is 38.6 Å².